The zero-order chi connectivity index (χ0) is 31.1. The van der Waals surface area contributed by atoms with Crippen LogP contribution in [-0.4, -0.2) is 42.0 Å². The number of furan rings is 1. The predicted molar refractivity (Wildman–Crippen MR) is 168 cm³/mol. The minimum Gasteiger partial charge on any atom is -0.466 e. The molecule has 2 heterocycles. The molecule has 0 radical (unpaired) electrons. The number of carbonyl (C=O) groups excluding carboxylic acids is 2. The minimum atomic E-state index is -0.313. The maximum atomic E-state index is 12.9. The smallest absolute Gasteiger partial charge is 0.307 e. The lowest BCUT2D eigenvalue weighted by Crippen LogP contribution is -2.29. The van der Waals surface area contributed by atoms with E-state index >= 15 is 0 Å². The summed E-state index contributed by atoms with van der Waals surface area (Å²) in [4.78, 5) is 30.4. The second kappa shape index (κ2) is 14.1. The molecular weight excluding hydrogens is 556 g/mol. The van der Waals surface area contributed by atoms with Crippen molar-refractivity contribution in [1.82, 2.24) is 9.88 Å². The summed E-state index contributed by atoms with van der Waals surface area (Å²) >= 11 is 0. The number of amides is 1. The quantitative estimate of drug-likeness (QED) is 0.177. The summed E-state index contributed by atoms with van der Waals surface area (Å²) in [5.74, 6) is 1.66. The van der Waals surface area contributed by atoms with E-state index in [2.05, 4.69) is 23.3 Å². The molecule has 0 spiro atoms. The van der Waals surface area contributed by atoms with Crippen LogP contribution in [0.4, 0.5) is 5.69 Å². The van der Waals surface area contributed by atoms with E-state index in [-0.39, 0.29) is 30.2 Å². The molecule has 2 aromatic carbocycles. The molecular formula is C35H38N4O5. The summed E-state index contributed by atoms with van der Waals surface area (Å²) in [6, 6.07) is 18.6. The normalized spacial score (nSPS) is 14.0. The van der Waals surface area contributed by atoms with Gasteiger partial charge in [-0.15, -0.1) is 0 Å². The van der Waals surface area contributed by atoms with Crippen LogP contribution in [0.3, 0.4) is 0 Å². The van der Waals surface area contributed by atoms with Crippen molar-refractivity contribution >= 4 is 28.5 Å². The highest BCUT2D eigenvalue weighted by molar-refractivity contribution is 5.94. The summed E-state index contributed by atoms with van der Waals surface area (Å²) in [5.41, 5.74) is 3.62. The standard InChI is InChI=1S/C35H38N4O5/c1-4-42-31(40)18-20-39(3)35(41)25-12-14-27(15-13-25)38-32(24-9-6-5-7-10-24)33-23(2)29-21-28(16-17-30(29)44-33)43-34-26(22-36)11-8-19-37-34/h8,11-17,19,21,24,32,38H,4-7,9-10,18,20H2,1-3H3. The lowest BCUT2D eigenvalue weighted by molar-refractivity contribution is -0.143. The fourth-order valence-corrected chi connectivity index (χ4v) is 5.82. The number of benzene rings is 2. The minimum absolute atomic E-state index is 0.0538. The first-order valence-corrected chi connectivity index (χ1v) is 15.2. The summed E-state index contributed by atoms with van der Waals surface area (Å²) in [7, 11) is 1.69. The number of pyridine rings is 1. The first-order valence-electron chi connectivity index (χ1n) is 15.2. The highest BCUT2D eigenvalue weighted by Gasteiger charge is 2.30. The van der Waals surface area contributed by atoms with E-state index in [9.17, 15) is 14.9 Å². The van der Waals surface area contributed by atoms with Gasteiger partial charge in [0.15, 0.2) is 0 Å². The van der Waals surface area contributed by atoms with E-state index in [1.54, 1.807) is 32.3 Å². The molecule has 44 heavy (non-hydrogen) atoms. The van der Waals surface area contributed by atoms with E-state index < -0.39 is 0 Å². The molecule has 228 valence electrons. The number of hydrogen-bond acceptors (Lipinski definition) is 8. The fourth-order valence-electron chi connectivity index (χ4n) is 5.82. The van der Waals surface area contributed by atoms with Gasteiger partial charge in [-0.3, -0.25) is 9.59 Å². The van der Waals surface area contributed by atoms with Gasteiger partial charge in [0, 0.05) is 42.0 Å². The molecule has 1 unspecified atom stereocenters. The number of aryl methyl sites for hydroxylation is 1. The number of hydrogen-bond donors (Lipinski definition) is 1. The molecule has 9 nitrogen and oxygen atoms in total. The maximum Gasteiger partial charge on any atom is 0.307 e. The van der Waals surface area contributed by atoms with Crippen LogP contribution < -0.4 is 10.1 Å². The Morgan fingerprint density at radius 2 is 1.91 bits per heavy atom. The summed E-state index contributed by atoms with van der Waals surface area (Å²) in [6.45, 7) is 4.45. The number of nitriles is 1. The topological polar surface area (TPSA) is 118 Å². The predicted octanol–water partition coefficient (Wildman–Crippen LogP) is 7.56. The van der Waals surface area contributed by atoms with Crippen molar-refractivity contribution in [2.45, 2.75) is 58.4 Å². The van der Waals surface area contributed by atoms with Gasteiger partial charge < -0.3 is 24.1 Å². The number of nitrogens with one attached hydrogen (secondary N) is 1. The highest BCUT2D eigenvalue weighted by Crippen LogP contribution is 2.41. The number of aromatic nitrogens is 1. The van der Waals surface area contributed by atoms with E-state index in [0.29, 0.717) is 35.9 Å². The SMILES string of the molecule is CCOC(=O)CCN(C)C(=O)c1ccc(NC(c2oc3ccc(Oc4ncccc4C#N)cc3c2C)C2CCCCC2)cc1. The zero-order valence-electron chi connectivity index (χ0n) is 25.5. The summed E-state index contributed by atoms with van der Waals surface area (Å²) in [6.07, 6.45) is 7.55. The molecule has 1 N–H and O–H groups in total. The first kappa shape index (κ1) is 30.6. The van der Waals surface area contributed by atoms with E-state index in [1.165, 1.54) is 24.2 Å². The van der Waals surface area contributed by atoms with Gasteiger partial charge in [0.25, 0.3) is 5.91 Å². The van der Waals surface area contributed by atoms with E-state index in [1.807, 2.05) is 42.5 Å². The van der Waals surface area contributed by atoms with Crippen molar-refractivity contribution in [3.8, 4) is 17.7 Å². The van der Waals surface area contributed by atoms with Crippen LogP contribution in [0, 0.1) is 24.2 Å². The number of nitrogens with zero attached hydrogens (tertiary/aromatic N) is 3. The second-order valence-electron chi connectivity index (χ2n) is 11.2. The number of anilines is 1. The first-order chi connectivity index (χ1) is 21.4. The Kier molecular flexibility index (Phi) is 9.80. The van der Waals surface area contributed by atoms with Gasteiger partial charge in [0.1, 0.15) is 28.7 Å². The molecule has 1 atom stereocenters. The lowest BCUT2D eigenvalue weighted by Gasteiger charge is -2.31. The number of rotatable bonds is 11. The van der Waals surface area contributed by atoms with Crippen molar-refractivity contribution in [3.05, 3.63) is 83.2 Å². The average molecular weight is 595 g/mol. The van der Waals surface area contributed by atoms with Crippen LogP contribution >= 0.6 is 0 Å². The molecule has 0 aliphatic heterocycles. The third kappa shape index (κ3) is 7.03. The van der Waals surface area contributed by atoms with Gasteiger partial charge in [-0.2, -0.15) is 5.26 Å². The van der Waals surface area contributed by atoms with Crippen molar-refractivity contribution in [2.24, 2.45) is 5.92 Å². The van der Waals surface area contributed by atoms with Gasteiger partial charge in [0.2, 0.25) is 5.88 Å². The Hall–Kier alpha value is -4.84. The van der Waals surface area contributed by atoms with Crippen molar-refractivity contribution in [2.75, 3.05) is 25.5 Å². The third-order valence-electron chi connectivity index (χ3n) is 8.21. The van der Waals surface area contributed by atoms with Gasteiger partial charge in [-0.1, -0.05) is 19.3 Å². The van der Waals surface area contributed by atoms with Gasteiger partial charge >= 0.3 is 5.97 Å². The fraction of sp³-hybridized carbons (Fsp3) is 0.371. The van der Waals surface area contributed by atoms with Crippen LogP contribution in [0.25, 0.3) is 11.0 Å². The van der Waals surface area contributed by atoms with Crippen LogP contribution in [0.15, 0.2) is 65.2 Å². The zero-order valence-corrected chi connectivity index (χ0v) is 25.5. The molecule has 2 aromatic heterocycles. The Morgan fingerprint density at radius 1 is 1.14 bits per heavy atom. The largest absolute Gasteiger partial charge is 0.466 e. The Balaban J connectivity index is 1.36. The molecule has 1 aliphatic carbocycles. The molecule has 1 aliphatic rings. The maximum absolute atomic E-state index is 12.9. The molecule has 0 bridgehead atoms. The number of fused-ring (bicyclic) bond motifs is 1. The van der Waals surface area contributed by atoms with Crippen LogP contribution in [0.1, 0.15) is 78.7 Å². The van der Waals surface area contributed by atoms with Crippen LogP contribution in [0.5, 0.6) is 11.6 Å². The average Bonchev–Trinajstić information content (AvgIpc) is 3.38. The van der Waals surface area contributed by atoms with Gasteiger partial charge in [-0.05, 0) is 87.2 Å². The molecule has 9 heteroatoms. The van der Waals surface area contributed by atoms with E-state index in [4.69, 9.17) is 13.9 Å². The molecule has 5 rings (SSSR count). The number of esters is 1. The van der Waals surface area contributed by atoms with Gasteiger partial charge in [-0.25, -0.2) is 4.98 Å². The molecule has 1 saturated carbocycles. The number of carbonyl (C=O) groups is 2. The summed E-state index contributed by atoms with van der Waals surface area (Å²) in [5, 5.41) is 14.1. The second-order valence-corrected chi connectivity index (χ2v) is 11.2. The molecule has 1 amide bonds. The van der Waals surface area contributed by atoms with Crippen molar-refractivity contribution < 1.29 is 23.5 Å². The van der Waals surface area contributed by atoms with Crippen LogP contribution in [0.2, 0.25) is 0 Å². The van der Waals surface area contributed by atoms with Gasteiger partial charge in [0.05, 0.1) is 19.1 Å². The lowest BCUT2D eigenvalue weighted by atomic mass is 9.82. The molecule has 0 saturated heterocycles. The highest BCUT2D eigenvalue weighted by atomic mass is 16.5. The van der Waals surface area contributed by atoms with Crippen LogP contribution in [-0.2, 0) is 9.53 Å². The monoisotopic (exact) mass is 594 g/mol. The van der Waals surface area contributed by atoms with Crippen molar-refractivity contribution in [1.29, 1.82) is 5.26 Å². The Labute approximate surface area is 257 Å². The Bertz CT molecular complexity index is 1650. The molecule has 1 fully saturated rings. The van der Waals surface area contributed by atoms with Crippen molar-refractivity contribution in [3.63, 3.8) is 0 Å². The van der Waals surface area contributed by atoms with E-state index in [0.717, 1.165) is 40.8 Å². The molecule has 4 aromatic rings. The summed E-state index contributed by atoms with van der Waals surface area (Å²) < 4.78 is 17.5. The number of ether oxygens (including phenoxy) is 2. The third-order valence-corrected chi connectivity index (χ3v) is 8.21. The Morgan fingerprint density at radius 3 is 2.64 bits per heavy atom.